The third-order valence-corrected chi connectivity index (χ3v) is 4.87. The molecule has 2 aliphatic rings. The molecule has 1 saturated heterocycles. The molecule has 0 radical (unpaired) electrons. The molecule has 0 bridgehead atoms. The van der Waals surface area contributed by atoms with Gasteiger partial charge in [-0.05, 0) is 26.8 Å². The molecule has 0 aliphatic carbocycles. The number of piperidine rings is 1. The second-order valence-corrected chi connectivity index (χ2v) is 8.27. The summed E-state index contributed by atoms with van der Waals surface area (Å²) in [6, 6.07) is 1.81. The number of carbonyl (C=O) groups excluding carboxylic acids is 2. The maximum atomic E-state index is 12.4. The number of nitrogens with zero attached hydrogens (tertiary/aromatic N) is 3. The molecule has 1 aromatic heterocycles. The van der Waals surface area contributed by atoms with Gasteiger partial charge in [0.25, 0.3) is 0 Å². The molecule has 162 valence electrons. The molecule has 0 aromatic carbocycles. The summed E-state index contributed by atoms with van der Waals surface area (Å²) in [4.78, 5) is 34.6. The number of oxime groups is 1. The molecule has 30 heavy (non-hydrogen) atoms. The van der Waals surface area contributed by atoms with Crippen LogP contribution in [0.1, 0.15) is 45.6 Å². The first-order valence-electron chi connectivity index (χ1n) is 9.80. The molecule has 0 atom stereocenters. The highest BCUT2D eigenvalue weighted by molar-refractivity contribution is 6.04. The Kier molecular flexibility index (Phi) is 6.28. The van der Waals surface area contributed by atoms with E-state index in [0.29, 0.717) is 43.8 Å². The Bertz CT molecular complexity index is 851. The summed E-state index contributed by atoms with van der Waals surface area (Å²) in [6.45, 7) is 6.58. The molecule has 2 aliphatic heterocycles. The lowest BCUT2D eigenvalue weighted by Crippen LogP contribution is -2.53. The number of amides is 1. The van der Waals surface area contributed by atoms with Gasteiger partial charge in [0.15, 0.2) is 0 Å². The minimum absolute atomic E-state index is 0.319. The monoisotopic (exact) mass is 417 g/mol. The second-order valence-electron chi connectivity index (χ2n) is 8.27. The number of carbonyl (C=O) groups is 2. The molecule has 1 spiro atoms. The van der Waals surface area contributed by atoms with Gasteiger partial charge in [-0.2, -0.15) is 0 Å². The Labute approximate surface area is 175 Å². The van der Waals surface area contributed by atoms with Crippen molar-refractivity contribution < 1.29 is 28.6 Å². The Balaban J connectivity index is 1.72. The number of likely N-dealkylation sites (tertiary alicyclic amines) is 1. The van der Waals surface area contributed by atoms with Gasteiger partial charge < -0.3 is 23.9 Å². The third kappa shape index (κ3) is 5.28. The van der Waals surface area contributed by atoms with Crippen LogP contribution in [0.5, 0.6) is 5.75 Å². The zero-order valence-electron chi connectivity index (χ0n) is 17.7. The topological polar surface area (TPSA) is 99.6 Å². The van der Waals surface area contributed by atoms with E-state index in [4.69, 9.17) is 14.3 Å². The van der Waals surface area contributed by atoms with Gasteiger partial charge in [0.1, 0.15) is 23.2 Å². The van der Waals surface area contributed by atoms with Crippen LogP contribution in [-0.2, 0) is 19.1 Å². The SMILES string of the molecule is COC(=O)/C=C/O/N=C1\CC2(CCN(C(=O)OC(C)(C)C)CC2)Oc2cnccc21. The van der Waals surface area contributed by atoms with Crippen molar-refractivity contribution in [3.05, 3.63) is 36.4 Å². The van der Waals surface area contributed by atoms with Crippen LogP contribution in [0.2, 0.25) is 0 Å². The Morgan fingerprint density at radius 2 is 2.03 bits per heavy atom. The minimum Gasteiger partial charge on any atom is -0.484 e. The number of esters is 1. The second kappa shape index (κ2) is 8.73. The van der Waals surface area contributed by atoms with Crippen molar-refractivity contribution in [2.75, 3.05) is 20.2 Å². The molecule has 1 fully saturated rings. The predicted molar refractivity (Wildman–Crippen MR) is 108 cm³/mol. The van der Waals surface area contributed by atoms with Gasteiger partial charge in [-0.25, -0.2) is 9.59 Å². The smallest absolute Gasteiger partial charge is 0.410 e. The lowest BCUT2D eigenvalue weighted by atomic mass is 9.82. The Morgan fingerprint density at radius 1 is 1.30 bits per heavy atom. The average molecular weight is 417 g/mol. The highest BCUT2D eigenvalue weighted by atomic mass is 16.6. The Hall–Kier alpha value is -3.10. The number of fused-ring (bicyclic) bond motifs is 1. The lowest BCUT2D eigenvalue weighted by molar-refractivity contribution is -0.135. The standard InChI is InChI=1S/C21H27N3O6/c1-20(2,3)30-19(26)24-10-7-21(8-11-24)13-16(23-28-12-6-18(25)27-4)15-5-9-22-14-17(15)29-21/h5-6,9,12,14H,7-8,10-11,13H2,1-4H3/b12-6+,23-16+. The average Bonchev–Trinajstić information content (AvgIpc) is 2.70. The summed E-state index contributed by atoms with van der Waals surface area (Å²) in [6.07, 6.45) is 7.06. The van der Waals surface area contributed by atoms with E-state index in [1.807, 2.05) is 26.8 Å². The molecule has 9 heteroatoms. The van der Waals surface area contributed by atoms with Crippen LogP contribution in [0.25, 0.3) is 0 Å². The van der Waals surface area contributed by atoms with Crippen molar-refractivity contribution in [2.24, 2.45) is 5.16 Å². The molecule has 1 amide bonds. The van der Waals surface area contributed by atoms with Crippen LogP contribution in [0, 0.1) is 0 Å². The van der Waals surface area contributed by atoms with Gasteiger partial charge in [0.05, 0.1) is 25.1 Å². The van der Waals surface area contributed by atoms with Gasteiger partial charge in [-0.15, -0.1) is 0 Å². The number of hydrogen-bond donors (Lipinski definition) is 0. The molecule has 0 N–H and O–H groups in total. The van der Waals surface area contributed by atoms with E-state index in [2.05, 4.69) is 14.9 Å². The van der Waals surface area contributed by atoms with Crippen molar-refractivity contribution >= 4 is 17.8 Å². The largest absolute Gasteiger partial charge is 0.484 e. The summed E-state index contributed by atoms with van der Waals surface area (Å²) in [5.74, 6) is 0.0894. The minimum atomic E-state index is -0.535. The summed E-state index contributed by atoms with van der Waals surface area (Å²) in [5.41, 5.74) is 0.436. The van der Waals surface area contributed by atoms with Gasteiger partial charge in [0, 0.05) is 44.1 Å². The summed E-state index contributed by atoms with van der Waals surface area (Å²) >= 11 is 0. The fraction of sp³-hybridized carbons (Fsp3) is 0.524. The van der Waals surface area contributed by atoms with E-state index in [-0.39, 0.29) is 6.09 Å². The summed E-state index contributed by atoms with van der Waals surface area (Å²) < 4.78 is 16.3. The van der Waals surface area contributed by atoms with Gasteiger partial charge in [0.2, 0.25) is 0 Å². The molecular formula is C21H27N3O6. The summed E-state index contributed by atoms with van der Waals surface area (Å²) in [7, 11) is 1.29. The normalized spacial score (nSPS) is 19.3. The fourth-order valence-electron chi connectivity index (χ4n) is 3.40. The highest BCUT2D eigenvalue weighted by Crippen LogP contribution is 2.39. The first kappa shape index (κ1) is 21.6. The van der Waals surface area contributed by atoms with E-state index >= 15 is 0 Å². The Morgan fingerprint density at radius 3 is 2.70 bits per heavy atom. The van der Waals surface area contributed by atoms with E-state index < -0.39 is 17.2 Å². The highest BCUT2D eigenvalue weighted by Gasteiger charge is 2.43. The number of rotatable bonds is 3. The maximum absolute atomic E-state index is 12.4. The van der Waals surface area contributed by atoms with Crippen LogP contribution in [0.3, 0.4) is 0 Å². The van der Waals surface area contributed by atoms with E-state index in [9.17, 15) is 9.59 Å². The van der Waals surface area contributed by atoms with Crippen molar-refractivity contribution in [2.45, 2.75) is 51.2 Å². The molecule has 3 rings (SSSR count). The van der Waals surface area contributed by atoms with Crippen molar-refractivity contribution in [1.29, 1.82) is 0 Å². The number of pyridine rings is 1. The van der Waals surface area contributed by atoms with Crippen LogP contribution >= 0.6 is 0 Å². The van der Waals surface area contributed by atoms with Crippen molar-refractivity contribution in [3.63, 3.8) is 0 Å². The zero-order valence-corrected chi connectivity index (χ0v) is 17.7. The number of ether oxygens (including phenoxy) is 3. The first-order chi connectivity index (χ1) is 14.2. The van der Waals surface area contributed by atoms with Crippen LogP contribution in [-0.4, -0.2) is 59.1 Å². The molecular weight excluding hydrogens is 390 g/mol. The zero-order chi connectivity index (χ0) is 21.8. The lowest BCUT2D eigenvalue weighted by Gasteiger charge is -2.44. The molecule has 0 unspecified atom stereocenters. The van der Waals surface area contributed by atoms with Crippen LogP contribution < -0.4 is 4.74 Å². The van der Waals surface area contributed by atoms with Crippen molar-refractivity contribution in [1.82, 2.24) is 9.88 Å². The maximum Gasteiger partial charge on any atom is 0.410 e. The number of aromatic nitrogens is 1. The molecule has 3 heterocycles. The molecule has 9 nitrogen and oxygen atoms in total. The number of hydrogen-bond acceptors (Lipinski definition) is 8. The number of methoxy groups -OCH3 is 1. The van der Waals surface area contributed by atoms with Gasteiger partial charge in [-0.3, -0.25) is 4.98 Å². The van der Waals surface area contributed by atoms with E-state index in [0.717, 1.165) is 11.6 Å². The van der Waals surface area contributed by atoms with Gasteiger partial charge in [-0.1, -0.05) is 5.16 Å². The third-order valence-electron chi connectivity index (χ3n) is 4.87. The van der Waals surface area contributed by atoms with Crippen LogP contribution in [0.15, 0.2) is 36.0 Å². The molecule has 0 saturated carbocycles. The fourth-order valence-corrected chi connectivity index (χ4v) is 3.40. The first-order valence-corrected chi connectivity index (χ1v) is 9.80. The van der Waals surface area contributed by atoms with E-state index in [1.54, 1.807) is 17.3 Å². The van der Waals surface area contributed by atoms with Gasteiger partial charge >= 0.3 is 12.1 Å². The van der Waals surface area contributed by atoms with Crippen molar-refractivity contribution in [3.8, 4) is 5.75 Å². The quantitative estimate of drug-likeness (QED) is 0.322. The molecule has 1 aromatic rings. The predicted octanol–water partition coefficient (Wildman–Crippen LogP) is 3.04. The van der Waals surface area contributed by atoms with Crippen LogP contribution in [0.4, 0.5) is 4.79 Å². The summed E-state index contributed by atoms with van der Waals surface area (Å²) in [5, 5.41) is 4.19. The van der Waals surface area contributed by atoms with E-state index in [1.165, 1.54) is 13.4 Å².